The number of thiocarbonyl (C=S) groups is 1. The number of aromatic nitrogens is 18. The van der Waals surface area contributed by atoms with Crippen molar-refractivity contribution in [1.29, 1.82) is 0 Å². The van der Waals surface area contributed by atoms with Crippen LogP contribution in [0.4, 0.5) is 34.6 Å². The number of amides is 1. The number of benzene rings is 1. The molecular weight excluding hydrogens is 1480 g/mol. The number of rotatable bonds is 13. The summed E-state index contributed by atoms with van der Waals surface area (Å²) in [5.74, 6) is 1.76. The molecule has 526 valence electrons. The summed E-state index contributed by atoms with van der Waals surface area (Å²) in [7, 11) is 9.62. The van der Waals surface area contributed by atoms with Crippen LogP contribution in [-0.4, -0.2) is 142 Å². The first kappa shape index (κ1) is 78.1. The maximum absolute atomic E-state index is 10.8. The van der Waals surface area contributed by atoms with Gasteiger partial charge in [-0.2, -0.15) is 0 Å². The fourth-order valence-corrected chi connectivity index (χ4v) is 14.5. The molecule has 26 nitrogen and oxygen atoms in total. The van der Waals surface area contributed by atoms with Crippen molar-refractivity contribution in [2.24, 2.45) is 5.73 Å². The van der Waals surface area contributed by atoms with Crippen LogP contribution in [0.1, 0.15) is 46.8 Å². The smallest absolute Gasteiger partial charge is 0.229 e. The van der Waals surface area contributed by atoms with E-state index in [1.54, 1.807) is 147 Å². The third-order valence-electron chi connectivity index (χ3n) is 12.4. The predicted molar refractivity (Wildman–Crippen MR) is 429 cm³/mol. The average Bonchev–Trinajstić information content (AvgIpc) is 1.63. The van der Waals surface area contributed by atoms with Crippen LogP contribution in [0.2, 0.25) is 0 Å². The van der Waals surface area contributed by atoms with E-state index in [1.165, 1.54) is 18.7 Å². The molecule has 0 fully saturated rings. The lowest BCUT2D eigenvalue weighted by atomic mass is 10.2. The lowest BCUT2D eigenvalue weighted by Crippen LogP contribution is -2.18. The first-order chi connectivity index (χ1) is 49.0. The van der Waals surface area contributed by atoms with Gasteiger partial charge in [-0.15, -0.1) is 79.4 Å². The molecular formula is C66H71N25OS10. The summed E-state index contributed by atoms with van der Waals surface area (Å²) in [6.45, 7) is 15.2. The van der Waals surface area contributed by atoms with Crippen LogP contribution in [0.3, 0.4) is 0 Å². The van der Waals surface area contributed by atoms with Gasteiger partial charge >= 0.3 is 0 Å². The molecule has 0 saturated heterocycles. The zero-order chi connectivity index (χ0) is 73.2. The number of thioether (sulfide) groups is 1. The molecule has 1 aromatic carbocycles. The Morgan fingerprint density at radius 3 is 1.07 bits per heavy atom. The summed E-state index contributed by atoms with van der Waals surface area (Å²) >= 11 is 19.2. The van der Waals surface area contributed by atoms with E-state index in [0.717, 1.165) is 129 Å². The van der Waals surface area contributed by atoms with Gasteiger partial charge in [0.1, 0.15) is 35.1 Å². The molecule has 1 amide bonds. The van der Waals surface area contributed by atoms with Gasteiger partial charge < -0.3 is 31.9 Å². The van der Waals surface area contributed by atoms with Crippen LogP contribution in [0.25, 0.3) is 73.3 Å². The van der Waals surface area contributed by atoms with Gasteiger partial charge in [-0.3, -0.25) is 10.1 Å². The van der Waals surface area contributed by atoms with Crippen molar-refractivity contribution in [2.45, 2.75) is 60.5 Å². The molecule has 14 aromatic rings. The Labute approximate surface area is 632 Å². The quantitative estimate of drug-likeness (QED) is 0.0407. The Bertz CT molecular complexity index is 4670. The Hall–Kier alpha value is -9.63. The highest BCUT2D eigenvalue weighted by Gasteiger charge is 2.12. The van der Waals surface area contributed by atoms with Gasteiger partial charge in [-0.25, -0.2) is 89.7 Å². The van der Waals surface area contributed by atoms with E-state index in [1.807, 2.05) is 168 Å². The predicted octanol–water partition coefficient (Wildman–Crippen LogP) is 15.3. The Balaban J connectivity index is 0.000000151. The van der Waals surface area contributed by atoms with Crippen molar-refractivity contribution in [2.75, 3.05) is 73.0 Å². The number of carbonyl (C=O) groups excluding carboxylic acids is 1. The summed E-state index contributed by atoms with van der Waals surface area (Å²) in [5, 5.41) is 31.3. The normalized spacial score (nSPS) is 10.3. The number of thiazole rings is 8. The topological polar surface area (TPSA) is 344 Å². The van der Waals surface area contributed by atoms with Crippen LogP contribution in [0, 0.1) is 48.5 Å². The number of hydrogen-bond acceptors (Lipinski definition) is 33. The second-order valence-corrected chi connectivity index (χ2v) is 29.7. The molecule has 14 rings (SSSR count). The molecule has 13 aromatic heterocycles. The van der Waals surface area contributed by atoms with Gasteiger partial charge in [0, 0.05) is 221 Å². The number of anilines is 6. The van der Waals surface area contributed by atoms with Gasteiger partial charge in [0.2, 0.25) is 29.7 Å². The van der Waals surface area contributed by atoms with Crippen LogP contribution >= 0.6 is 115 Å². The summed E-state index contributed by atoms with van der Waals surface area (Å²) in [6.07, 6.45) is 21.3. The van der Waals surface area contributed by atoms with Crippen molar-refractivity contribution >= 4 is 160 Å². The highest BCUT2D eigenvalue weighted by atomic mass is 32.2. The molecule has 0 aliphatic rings. The first-order valence-electron chi connectivity index (χ1n) is 30.3. The van der Waals surface area contributed by atoms with Crippen LogP contribution in [-0.2, 0) is 4.79 Å². The summed E-state index contributed by atoms with van der Waals surface area (Å²) in [4.78, 5) is 91.7. The summed E-state index contributed by atoms with van der Waals surface area (Å²) in [5.41, 5.74) is 24.6. The van der Waals surface area contributed by atoms with E-state index in [0.29, 0.717) is 17.8 Å². The van der Waals surface area contributed by atoms with E-state index in [2.05, 4.69) is 111 Å². The van der Waals surface area contributed by atoms with Crippen LogP contribution in [0.5, 0.6) is 0 Å². The summed E-state index contributed by atoms with van der Waals surface area (Å²) in [6, 6.07) is 7.87. The molecule has 0 aliphatic carbocycles. The van der Waals surface area contributed by atoms with E-state index in [-0.39, 0.29) is 17.0 Å². The molecule has 36 heteroatoms. The van der Waals surface area contributed by atoms with Crippen LogP contribution in [0.15, 0.2) is 135 Å². The molecule has 102 heavy (non-hydrogen) atoms. The van der Waals surface area contributed by atoms with E-state index >= 15 is 0 Å². The maximum Gasteiger partial charge on any atom is 0.229 e. The minimum atomic E-state index is -0.183. The van der Waals surface area contributed by atoms with Crippen LogP contribution < -0.4 is 37.2 Å². The second kappa shape index (κ2) is 39.0. The lowest BCUT2D eigenvalue weighted by molar-refractivity contribution is -0.114. The number of nitrogens with zero attached hydrogens (tertiary/aromatic N) is 20. The number of nitrogen functional groups attached to an aromatic ring is 1. The second-order valence-electron chi connectivity index (χ2n) is 21.5. The third kappa shape index (κ3) is 24.9. The number of carbonyl (C=O) groups is 1. The Morgan fingerprint density at radius 2 is 0.765 bits per heavy atom. The van der Waals surface area contributed by atoms with Crippen molar-refractivity contribution in [3.05, 3.63) is 170 Å². The molecule has 0 saturated carbocycles. The first-order valence-corrected chi connectivity index (χ1v) is 38.9. The SMILES string of the molecule is CC(=O)Nc1ncc(-c2nc(C)cs2)cn1.CNc1ncc(-c2nc(C)cs2)cn1.CSc1ncc(-c2nc(C)cs2)cn1.Cc1csc(-c2ccc(NC(N)=S)cc2)n1.Cc1csc(-c2cnc(N(C)C)nc2)n1.Cc1csc(-c2cnc(N(C)C)s2)n1.Cc1csc(-c2cnc(N)nc2)n1. The molecule has 0 bridgehead atoms. The third-order valence-corrected chi connectivity index (χ3v) is 21.4. The summed E-state index contributed by atoms with van der Waals surface area (Å²) < 4.78 is 0. The van der Waals surface area contributed by atoms with Gasteiger partial charge in [0.15, 0.2) is 15.4 Å². The van der Waals surface area contributed by atoms with Crippen molar-refractivity contribution in [3.63, 3.8) is 0 Å². The molecule has 0 radical (unpaired) electrons. The molecule has 0 unspecified atom stereocenters. The zero-order valence-electron chi connectivity index (χ0n) is 57.8. The average molecular weight is 1550 g/mol. The Kier molecular flexibility index (Phi) is 29.8. The zero-order valence-corrected chi connectivity index (χ0v) is 66.0. The molecule has 0 atom stereocenters. The minimum absolute atomic E-state index is 0.183. The van der Waals surface area contributed by atoms with Crippen molar-refractivity contribution in [3.8, 4) is 73.3 Å². The standard InChI is InChI=1S/C11H11N3S2.C10H10N4OS.C10H12N4S.C9H10N4S.C9H11N3S2.C9H9N3S2.C8H8N4S/c1-7-6-16-10(13-7)8-2-4-9(5-3-8)14-11(12)15;1-6-5-16-9(13-6)8-3-11-10(12-4-8)14-7(2)15;1-7-6-15-9(13-7)8-4-11-10(12-5-8)14(2)3;1-6-5-14-8(13-6)7-3-11-9(10-2)12-4-7;1-6-5-13-8(11-6)7-4-10-9(14-7)12(2)3;1-6-5-14-8(12-6)7-3-10-9(13-2)11-4-7;1-5-4-13-7(12-5)6-2-10-8(9)11-3-6/h2-6H,1H3,(H3,12,14,15);3-5H,1-2H3,(H,11,12,14,15);4-6H,1-3H3;3-5H,1-2H3,(H,10,11,12);4-5H,1-3H3;3-5H,1-2H3;2-4H,1H3,(H2,9,10,11). The van der Waals surface area contributed by atoms with Gasteiger partial charge in [-0.1, -0.05) is 23.1 Å². The number of hydrogen-bond donors (Lipinski definition) is 5. The fraction of sp³-hybridized carbons (Fsp3) is 0.212. The van der Waals surface area contributed by atoms with Gasteiger partial charge in [-0.05, 0) is 91.2 Å². The minimum Gasteiger partial charge on any atom is -0.376 e. The highest BCUT2D eigenvalue weighted by Crippen LogP contribution is 2.33. The Morgan fingerprint density at radius 1 is 0.431 bits per heavy atom. The lowest BCUT2D eigenvalue weighted by Gasteiger charge is -2.08. The van der Waals surface area contributed by atoms with E-state index in [4.69, 9.17) is 23.7 Å². The molecule has 0 aliphatic heterocycles. The number of nitrogens with two attached hydrogens (primary N) is 2. The van der Waals surface area contributed by atoms with E-state index < -0.39 is 0 Å². The van der Waals surface area contributed by atoms with Gasteiger partial charge in [0.25, 0.3) is 0 Å². The molecule has 7 N–H and O–H groups in total. The van der Waals surface area contributed by atoms with E-state index in [9.17, 15) is 4.79 Å². The molecule has 13 heterocycles. The number of aryl methyl sites for hydroxylation is 7. The monoisotopic (exact) mass is 1550 g/mol. The fourth-order valence-electron chi connectivity index (χ4n) is 7.67. The largest absolute Gasteiger partial charge is 0.376 e. The maximum atomic E-state index is 10.8. The van der Waals surface area contributed by atoms with Crippen molar-refractivity contribution in [1.82, 2.24) is 89.7 Å². The molecule has 0 spiro atoms. The van der Waals surface area contributed by atoms with Gasteiger partial charge in [0.05, 0.1) is 11.1 Å². The highest BCUT2D eigenvalue weighted by molar-refractivity contribution is 7.98. The van der Waals surface area contributed by atoms with Crippen molar-refractivity contribution < 1.29 is 4.79 Å². The number of nitrogens with one attached hydrogen (secondary N) is 3.